The molecule has 4 rings (SSSR count). The molecular formula is C27H28ClN3O3. The van der Waals surface area contributed by atoms with Crippen LogP contribution >= 0.6 is 11.6 Å². The van der Waals surface area contributed by atoms with E-state index < -0.39 is 0 Å². The summed E-state index contributed by atoms with van der Waals surface area (Å²) < 4.78 is 0. The van der Waals surface area contributed by atoms with Gasteiger partial charge >= 0.3 is 0 Å². The Bertz CT molecular complexity index is 1210. The van der Waals surface area contributed by atoms with Crippen LogP contribution in [0, 0.1) is 0 Å². The predicted octanol–water partition coefficient (Wildman–Crippen LogP) is 5.64. The summed E-state index contributed by atoms with van der Waals surface area (Å²) in [4.78, 5) is 31.8. The Morgan fingerprint density at radius 3 is 2.18 bits per heavy atom. The van der Waals surface area contributed by atoms with E-state index in [1.807, 2.05) is 62.3 Å². The average Bonchev–Trinajstić information content (AvgIpc) is 2.80. The van der Waals surface area contributed by atoms with Crippen molar-refractivity contribution in [2.24, 2.45) is 0 Å². The lowest BCUT2D eigenvalue weighted by Crippen LogP contribution is -2.47. The van der Waals surface area contributed by atoms with Crippen molar-refractivity contribution in [3.05, 3.63) is 82.9 Å². The second-order valence-corrected chi connectivity index (χ2v) is 9.26. The molecule has 3 aromatic rings. The first-order chi connectivity index (χ1) is 16.2. The third-order valence-electron chi connectivity index (χ3n) is 6.24. The van der Waals surface area contributed by atoms with Crippen LogP contribution in [0.2, 0.25) is 5.02 Å². The number of anilines is 3. The maximum Gasteiger partial charge on any atom is 0.258 e. The highest BCUT2D eigenvalue weighted by Crippen LogP contribution is 2.44. The summed E-state index contributed by atoms with van der Waals surface area (Å²) in [6.07, 6.45) is 0.543. The number of nitrogens with zero attached hydrogens (tertiary/aromatic N) is 3. The second kappa shape index (κ2) is 9.39. The van der Waals surface area contributed by atoms with Gasteiger partial charge < -0.3 is 19.8 Å². The Morgan fingerprint density at radius 2 is 1.59 bits per heavy atom. The Kier molecular flexibility index (Phi) is 6.53. The van der Waals surface area contributed by atoms with Gasteiger partial charge in [0.05, 0.1) is 11.7 Å². The lowest BCUT2D eigenvalue weighted by molar-refractivity contribution is -0.117. The Labute approximate surface area is 205 Å². The van der Waals surface area contributed by atoms with Crippen molar-refractivity contribution < 1.29 is 14.7 Å². The third kappa shape index (κ3) is 4.46. The maximum absolute atomic E-state index is 13.6. The van der Waals surface area contributed by atoms with Crippen molar-refractivity contribution in [3.63, 3.8) is 0 Å². The van der Waals surface area contributed by atoms with Crippen LogP contribution in [0.1, 0.15) is 42.2 Å². The number of carbonyl (C=O) groups is 2. The molecule has 34 heavy (non-hydrogen) atoms. The lowest BCUT2D eigenvalue weighted by atomic mass is 9.89. The van der Waals surface area contributed by atoms with Gasteiger partial charge in [-0.05, 0) is 73.5 Å². The van der Waals surface area contributed by atoms with E-state index in [4.69, 9.17) is 11.6 Å². The van der Waals surface area contributed by atoms with Gasteiger partial charge in [-0.25, -0.2) is 0 Å². The highest BCUT2D eigenvalue weighted by Gasteiger charge is 2.38. The van der Waals surface area contributed by atoms with E-state index >= 15 is 0 Å². The zero-order chi connectivity index (χ0) is 24.6. The molecule has 1 aliphatic rings. The van der Waals surface area contributed by atoms with Gasteiger partial charge in [0.25, 0.3) is 5.91 Å². The van der Waals surface area contributed by atoms with Gasteiger partial charge in [-0.1, -0.05) is 17.7 Å². The van der Waals surface area contributed by atoms with Gasteiger partial charge in [-0.3, -0.25) is 9.59 Å². The molecule has 2 unspecified atom stereocenters. The second-order valence-electron chi connectivity index (χ2n) is 8.83. The normalized spacial score (nSPS) is 17.1. The summed E-state index contributed by atoms with van der Waals surface area (Å²) in [5.41, 5.74) is 3.70. The number of phenolic OH excluding ortho intramolecular Hbond substituents is 1. The van der Waals surface area contributed by atoms with E-state index in [-0.39, 0.29) is 29.6 Å². The van der Waals surface area contributed by atoms with Crippen LogP contribution < -0.4 is 14.7 Å². The molecule has 0 fully saturated rings. The van der Waals surface area contributed by atoms with Gasteiger partial charge in [0.15, 0.2) is 0 Å². The van der Waals surface area contributed by atoms with Crippen molar-refractivity contribution in [3.8, 4) is 5.75 Å². The molecule has 0 saturated heterocycles. The average molecular weight is 478 g/mol. The minimum absolute atomic E-state index is 0.0632. The topological polar surface area (TPSA) is 64.1 Å². The molecule has 1 heterocycles. The predicted molar refractivity (Wildman–Crippen MR) is 137 cm³/mol. The van der Waals surface area contributed by atoms with Crippen LogP contribution in [0.4, 0.5) is 17.1 Å². The fourth-order valence-electron chi connectivity index (χ4n) is 4.59. The minimum atomic E-state index is -0.301. The fourth-order valence-corrected chi connectivity index (χ4v) is 4.72. The number of aromatic hydroxyl groups is 1. The number of rotatable bonds is 4. The van der Waals surface area contributed by atoms with Crippen molar-refractivity contribution in [1.82, 2.24) is 0 Å². The van der Waals surface area contributed by atoms with E-state index in [1.54, 1.807) is 40.1 Å². The quantitative estimate of drug-likeness (QED) is 0.527. The van der Waals surface area contributed by atoms with Crippen LogP contribution in [0.3, 0.4) is 0 Å². The summed E-state index contributed by atoms with van der Waals surface area (Å²) in [5, 5.41) is 10.9. The molecule has 0 radical (unpaired) electrons. The highest BCUT2D eigenvalue weighted by atomic mass is 35.5. The number of fused-ring (bicyclic) bond motifs is 1. The Balaban J connectivity index is 1.77. The smallest absolute Gasteiger partial charge is 0.258 e. The Morgan fingerprint density at radius 1 is 0.971 bits per heavy atom. The molecular weight excluding hydrogens is 450 g/mol. The molecule has 0 bridgehead atoms. The number of benzene rings is 3. The van der Waals surface area contributed by atoms with E-state index in [2.05, 4.69) is 0 Å². The van der Waals surface area contributed by atoms with Crippen molar-refractivity contribution in [2.75, 3.05) is 28.8 Å². The maximum atomic E-state index is 13.6. The molecule has 1 aliphatic heterocycles. The number of phenols is 1. The molecule has 0 aromatic heterocycles. The molecule has 1 N–H and O–H groups in total. The molecule has 3 aromatic carbocycles. The number of amides is 2. The molecule has 2 atom stereocenters. The highest BCUT2D eigenvalue weighted by molar-refractivity contribution is 6.30. The molecule has 7 heteroatoms. The van der Waals surface area contributed by atoms with Crippen LogP contribution in [0.25, 0.3) is 0 Å². The van der Waals surface area contributed by atoms with Crippen molar-refractivity contribution >= 4 is 40.5 Å². The standard InChI is InChI=1S/C27H28ClN3O3/c1-17-15-25(31(18(2)32)22-11-7-20(28)8-12-22)24-14-13-23(33)16-26(24)30(17)27(34)19-5-9-21(10-6-19)29(3)4/h5-14,16-17,25,33H,15H2,1-4H3. The van der Waals surface area contributed by atoms with Gasteiger partial charge in [0.1, 0.15) is 5.75 Å². The Hall–Kier alpha value is -3.51. The van der Waals surface area contributed by atoms with Gasteiger partial charge in [-0.15, -0.1) is 0 Å². The van der Waals surface area contributed by atoms with Crippen LogP contribution in [0.15, 0.2) is 66.7 Å². The van der Waals surface area contributed by atoms with E-state index in [1.165, 1.54) is 6.92 Å². The molecule has 176 valence electrons. The molecule has 0 aliphatic carbocycles. The number of halogens is 1. The lowest BCUT2D eigenvalue weighted by Gasteiger charge is -2.43. The van der Waals surface area contributed by atoms with Crippen LogP contribution in [-0.2, 0) is 4.79 Å². The summed E-state index contributed by atoms with van der Waals surface area (Å²) in [6, 6.07) is 19.1. The summed E-state index contributed by atoms with van der Waals surface area (Å²) >= 11 is 6.06. The summed E-state index contributed by atoms with van der Waals surface area (Å²) in [7, 11) is 3.90. The molecule has 0 spiro atoms. The van der Waals surface area contributed by atoms with E-state index in [0.29, 0.717) is 22.7 Å². The van der Waals surface area contributed by atoms with Crippen molar-refractivity contribution in [2.45, 2.75) is 32.4 Å². The van der Waals surface area contributed by atoms with Gasteiger partial charge in [-0.2, -0.15) is 0 Å². The van der Waals surface area contributed by atoms with E-state index in [0.717, 1.165) is 16.9 Å². The number of hydrogen-bond donors (Lipinski definition) is 1. The molecule has 0 saturated carbocycles. The van der Waals surface area contributed by atoms with Crippen LogP contribution in [-0.4, -0.2) is 37.1 Å². The first-order valence-corrected chi connectivity index (χ1v) is 11.5. The molecule has 6 nitrogen and oxygen atoms in total. The largest absolute Gasteiger partial charge is 0.508 e. The fraction of sp³-hybridized carbons (Fsp3) is 0.259. The zero-order valence-corrected chi connectivity index (χ0v) is 20.5. The minimum Gasteiger partial charge on any atom is -0.508 e. The number of carbonyl (C=O) groups excluding carboxylic acids is 2. The monoisotopic (exact) mass is 477 g/mol. The SMILES string of the molecule is CC(=O)N(c1ccc(Cl)cc1)C1CC(C)N(C(=O)c2ccc(N(C)C)cc2)c2cc(O)ccc21. The van der Waals surface area contributed by atoms with Crippen molar-refractivity contribution in [1.29, 1.82) is 0 Å². The third-order valence-corrected chi connectivity index (χ3v) is 6.49. The summed E-state index contributed by atoms with van der Waals surface area (Å²) in [6.45, 7) is 3.50. The summed E-state index contributed by atoms with van der Waals surface area (Å²) in [5.74, 6) is -0.199. The van der Waals surface area contributed by atoms with Gasteiger partial charge in [0.2, 0.25) is 5.91 Å². The van der Waals surface area contributed by atoms with Crippen LogP contribution in [0.5, 0.6) is 5.75 Å². The van der Waals surface area contributed by atoms with Gasteiger partial charge in [0, 0.05) is 55.1 Å². The first kappa shape index (κ1) is 23.6. The zero-order valence-electron chi connectivity index (χ0n) is 19.7. The molecule has 2 amide bonds. The van der Waals surface area contributed by atoms with E-state index in [9.17, 15) is 14.7 Å². The number of hydrogen-bond acceptors (Lipinski definition) is 4. The first-order valence-electron chi connectivity index (χ1n) is 11.2.